The maximum absolute atomic E-state index is 13.8. The van der Waals surface area contributed by atoms with Gasteiger partial charge >= 0.3 is 0 Å². The van der Waals surface area contributed by atoms with E-state index in [4.69, 9.17) is 9.40 Å². The van der Waals surface area contributed by atoms with Crippen molar-refractivity contribution in [1.82, 2.24) is 4.98 Å². The topological polar surface area (TPSA) is 83.7 Å². The average Bonchev–Trinajstić information content (AvgIpc) is 3.64. The van der Waals surface area contributed by atoms with Gasteiger partial charge in [-0.3, -0.25) is 14.0 Å². The molecule has 6 rings (SSSR count). The summed E-state index contributed by atoms with van der Waals surface area (Å²) >= 11 is 1.45. The number of carbonyl (C=O) groups is 1. The number of benzene rings is 3. The van der Waals surface area contributed by atoms with E-state index in [-0.39, 0.29) is 17.3 Å². The number of amides is 1. The Morgan fingerprint density at radius 1 is 1.05 bits per heavy atom. The van der Waals surface area contributed by atoms with Gasteiger partial charge in [0.15, 0.2) is 5.13 Å². The largest absolute Gasteiger partial charge is 0.467 e. The Morgan fingerprint density at radius 3 is 2.64 bits per heavy atom. The quantitative estimate of drug-likeness (QED) is 0.230. The zero-order chi connectivity index (χ0) is 27.0. The Balaban J connectivity index is 1.32. The first-order valence-electron chi connectivity index (χ1n) is 12.9. The summed E-state index contributed by atoms with van der Waals surface area (Å²) in [6.07, 6.45) is 4.10. The zero-order valence-electron chi connectivity index (χ0n) is 21.4. The van der Waals surface area contributed by atoms with E-state index >= 15 is 0 Å². The van der Waals surface area contributed by atoms with E-state index in [0.29, 0.717) is 23.0 Å². The summed E-state index contributed by atoms with van der Waals surface area (Å²) in [4.78, 5) is 20.3. The van der Waals surface area contributed by atoms with E-state index in [1.807, 2.05) is 42.5 Å². The number of sulfonamides is 1. The van der Waals surface area contributed by atoms with E-state index in [1.165, 1.54) is 33.3 Å². The number of aryl methyl sites for hydroxylation is 2. The summed E-state index contributed by atoms with van der Waals surface area (Å²) in [5.41, 5.74) is 4.14. The second kappa shape index (κ2) is 10.3. The maximum atomic E-state index is 13.8. The Morgan fingerprint density at radius 2 is 1.87 bits per heavy atom. The van der Waals surface area contributed by atoms with Gasteiger partial charge in [0.05, 0.1) is 33.6 Å². The lowest BCUT2D eigenvalue weighted by Crippen LogP contribution is -2.35. The molecule has 39 heavy (non-hydrogen) atoms. The predicted molar refractivity (Wildman–Crippen MR) is 154 cm³/mol. The molecule has 5 aromatic rings. The van der Waals surface area contributed by atoms with Gasteiger partial charge in [0.25, 0.3) is 15.9 Å². The van der Waals surface area contributed by atoms with E-state index in [2.05, 4.69) is 13.0 Å². The lowest BCUT2D eigenvalue weighted by molar-refractivity contribution is 0.0983. The van der Waals surface area contributed by atoms with Crippen LogP contribution in [0.25, 0.3) is 10.2 Å². The molecule has 0 atom stereocenters. The number of thiazole rings is 1. The molecule has 1 aliphatic rings. The number of hydrogen-bond donors (Lipinski definition) is 0. The molecule has 0 aliphatic carbocycles. The molecule has 3 heterocycles. The Hall–Kier alpha value is -3.95. The van der Waals surface area contributed by atoms with Crippen molar-refractivity contribution in [1.29, 1.82) is 0 Å². The van der Waals surface area contributed by atoms with Gasteiger partial charge in [-0.25, -0.2) is 13.4 Å². The van der Waals surface area contributed by atoms with Gasteiger partial charge in [-0.15, -0.1) is 0 Å². The van der Waals surface area contributed by atoms with Crippen molar-refractivity contribution in [3.8, 4) is 0 Å². The molecule has 2 aromatic heterocycles. The van der Waals surface area contributed by atoms with Crippen molar-refractivity contribution in [3.63, 3.8) is 0 Å². The number of fused-ring (bicyclic) bond motifs is 2. The average molecular weight is 558 g/mol. The number of rotatable bonds is 7. The lowest BCUT2D eigenvalue weighted by atomic mass is 10.0. The third-order valence-electron chi connectivity index (χ3n) is 6.98. The third-order valence-corrected chi connectivity index (χ3v) is 9.85. The van der Waals surface area contributed by atoms with Crippen molar-refractivity contribution in [2.45, 2.75) is 37.6 Å². The molecule has 0 fully saturated rings. The molecule has 1 aliphatic heterocycles. The predicted octanol–water partition coefficient (Wildman–Crippen LogP) is 6.44. The van der Waals surface area contributed by atoms with Gasteiger partial charge in [0, 0.05) is 12.1 Å². The lowest BCUT2D eigenvalue weighted by Gasteiger charge is -2.30. The van der Waals surface area contributed by atoms with Crippen LogP contribution in [-0.4, -0.2) is 25.9 Å². The Kier molecular flexibility index (Phi) is 6.70. The van der Waals surface area contributed by atoms with Crippen molar-refractivity contribution in [3.05, 3.63) is 108 Å². The highest BCUT2D eigenvalue weighted by Gasteiger charge is 2.29. The van der Waals surface area contributed by atoms with Crippen LogP contribution in [0.1, 0.15) is 40.6 Å². The smallest absolute Gasteiger partial charge is 0.264 e. The molecular formula is C30H27N3O4S2. The van der Waals surface area contributed by atoms with Gasteiger partial charge in [-0.05, 0) is 85.0 Å². The van der Waals surface area contributed by atoms with Gasteiger partial charge < -0.3 is 4.42 Å². The van der Waals surface area contributed by atoms with Gasteiger partial charge in [0.1, 0.15) is 5.76 Å². The highest BCUT2D eigenvalue weighted by molar-refractivity contribution is 7.92. The summed E-state index contributed by atoms with van der Waals surface area (Å²) in [5.74, 6) is 0.341. The van der Waals surface area contributed by atoms with Gasteiger partial charge in [-0.1, -0.05) is 42.5 Å². The van der Waals surface area contributed by atoms with Crippen LogP contribution in [0.4, 0.5) is 10.8 Å². The molecule has 0 spiro atoms. The first-order valence-corrected chi connectivity index (χ1v) is 15.1. The molecule has 0 radical (unpaired) electrons. The van der Waals surface area contributed by atoms with Crippen LogP contribution in [0.15, 0.2) is 94.4 Å². The molecule has 0 saturated carbocycles. The maximum Gasteiger partial charge on any atom is 0.264 e. The fraction of sp³-hybridized carbons (Fsp3) is 0.200. The summed E-state index contributed by atoms with van der Waals surface area (Å²) in [7, 11) is -3.77. The standard InChI is InChI=1S/C30H27N3O4S2/c1-2-21-11-16-26-28(19-21)38-30(31-26)32(20-24-9-6-18-37-24)29(34)23-12-14-25(15-13-23)39(35,36)33-17-5-8-22-7-3-4-10-27(22)33/h3-4,6-7,9-16,18-19H,2,5,8,17,20H2,1H3. The molecule has 3 aromatic carbocycles. The number of furan rings is 1. The van der Waals surface area contributed by atoms with E-state index in [9.17, 15) is 13.2 Å². The highest BCUT2D eigenvalue weighted by atomic mass is 32.2. The zero-order valence-corrected chi connectivity index (χ0v) is 23.0. The Labute approximate surface area is 231 Å². The summed E-state index contributed by atoms with van der Waals surface area (Å²) in [6, 6.07) is 23.5. The fourth-order valence-corrected chi connectivity index (χ4v) is 7.45. The number of aromatic nitrogens is 1. The van der Waals surface area contributed by atoms with Gasteiger partial charge in [-0.2, -0.15) is 0 Å². The second-order valence-corrected chi connectivity index (χ2v) is 12.3. The van der Waals surface area contributed by atoms with E-state index in [0.717, 1.165) is 40.7 Å². The first-order chi connectivity index (χ1) is 18.9. The van der Waals surface area contributed by atoms with Crippen molar-refractivity contribution in [2.75, 3.05) is 15.7 Å². The molecule has 0 saturated heterocycles. The fourth-order valence-electron chi connectivity index (χ4n) is 4.88. The summed E-state index contributed by atoms with van der Waals surface area (Å²) in [6.45, 7) is 2.73. The SMILES string of the molecule is CCc1ccc2nc(N(Cc3ccco3)C(=O)c3ccc(S(=O)(=O)N4CCCc5ccccc54)cc3)sc2c1. The molecule has 1 amide bonds. The second-order valence-electron chi connectivity index (χ2n) is 9.46. The van der Waals surface area contributed by atoms with Crippen LogP contribution in [0.3, 0.4) is 0 Å². The number of nitrogens with zero attached hydrogens (tertiary/aromatic N) is 3. The number of anilines is 2. The third kappa shape index (κ3) is 4.84. The van der Waals surface area contributed by atoms with Gasteiger partial charge in [0.2, 0.25) is 0 Å². The molecule has 0 N–H and O–H groups in total. The molecule has 198 valence electrons. The number of para-hydroxylation sites is 1. The van der Waals surface area contributed by atoms with Crippen LogP contribution in [0, 0.1) is 0 Å². The summed E-state index contributed by atoms with van der Waals surface area (Å²) in [5, 5.41) is 0.557. The monoisotopic (exact) mass is 557 g/mol. The molecular weight excluding hydrogens is 530 g/mol. The van der Waals surface area contributed by atoms with Crippen molar-refractivity contribution < 1.29 is 17.6 Å². The Bertz CT molecular complexity index is 1740. The summed E-state index contributed by atoms with van der Waals surface area (Å²) < 4.78 is 35.1. The van der Waals surface area contributed by atoms with Crippen LogP contribution in [0.2, 0.25) is 0 Å². The van der Waals surface area contributed by atoms with Crippen molar-refractivity contribution >= 4 is 48.3 Å². The van der Waals surface area contributed by atoms with E-state index in [1.54, 1.807) is 29.4 Å². The number of hydrogen-bond acceptors (Lipinski definition) is 6. The molecule has 0 unspecified atom stereocenters. The molecule has 0 bridgehead atoms. The minimum atomic E-state index is -3.77. The van der Waals surface area contributed by atoms with Crippen LogP contribution < -0.4 is 9.21 Å². The first kappa shape index (κ1) is 25.3. The van der Waals surface area contributed by atoms with Crippen LogP contribution in [0.5, 0.6) is 0 Å². The van der Waals surface area contributed by atoms with Crippen LogP contribution in [-0.2, 0) is 29.4 Å². The normalized spacial score (nSPS) is 13.4. The van der Waals surface area contributed by atoms with E-state index < -0.39 is 10.0 Å². The van der Waals surface area contributed by atoms with Crippen LogP contribution >= 0.6 is 11.3 Å². The highest BCUT2D eigenvalue weighted by Crippen LogP contribution is 2.34. The molecule has 7 nitrogen and oxygen atoms in total. The minimum absolute atomic E-state index is 0.153. The van der Waals surface area contributed by atoms with Crippen molar-refractivity contribution in [2.24, 2.45) is 0 Å². The minimum Gasteiger partial charge on any atom is -0.467 e. The molecule has 9 heteroatoms. The number of carbonyl (C=O) groups excluding carboxylic acids is 1.